The number of hydrogen-bond acceptors (Lipinski definition) is 5. The maximum Gasteiger partial charge on any atom is 0.261 e. The first-order chi connectivity index (χ1) is 14.1. The van der Waals surface area contributed by atoms with Crippen LogP contribution in [0.2, 0.25) is 0 Å². The molecule has 1 aliphatic carbocycles. The predicted molar refractivity (Wildman–Crippen MR) is 105 cm³/mol. The van der Waals surface area contributed by atoms with Gasteiger partial charge in [-0.15, -0.1) is 0 Å². The van der Waals surface area contributed by atoms with E-state index in [1.54, 1.807) is 30.5 Å². The molecule has 0 radical (unpaired) electrons. The summed E-state index contributed by atoms with van der Waals surface area (Å²) in [4.78, 5) is 42.2. The number of fused-ring (bicyclic) bond motifs is 1. The molecule has 7 heteroatoms. The van der Waals surface area contributed by atoms with Crippen LogP contribution < -0.4 is 10.1 Å². The minimum absolute atomic E-state index is 0.0575. The van der Waals surface area contributed by atoms with Gasteiger partial charge in [0.15, 0.2) is 0 Å². The molecule has 1 N–H and O–H groups in total. The Morgan fingerprint density at radius 2 is 1.79 bits per heavy atom. The second-order valence-corrected chi connectivity index (χ2v) is 7.36. The number of ether oxygens (including phenoxy) is 1. The topological polar surface area (TPSA) is 88.6 Å². The van der Waals surface area contributed by atoms with Gasteiger partial charge in [0.25, 0.3) is 11.8 Å². The molecular weight excluding hydrogens is 370 g/mol. The molecule has 7 nitrogen and oxygen atoms in total. The third-order valence-electron chi connectivity index (χ3n) is 5.32. The molecule has 0 spiro atoms. The number of rotatable bonds is 7. The second-order valence-electron chi connectivity index (χ2n) is 7.36. The summed E-state index contributed by atoms with van der Waals surface area (Å²) in [5.41, 5.74) is 1.68. The maximum atomic E-state index is 12.3. The lowest BCUT2D eigenvalue weighted by Gasteiger charge is -2.14. The van der Waals surface area contributed by atoms with Crippen molar-refractivity contribution in [1.29, 1.82) is 0 Å². The second kappa shape index (κ2) is 8.43. The highest BCUT2D eigenvalue weighted by atomic mass is 16.5. The summed E-state index contributed by atoms with van der Waals surface area (Å²) in [6.45, 7) is 0.398. The van der Waals surface area contributed by atoms with Crippen LogP contribution in [-0.2, 0) is 11.3 Å². The molecule has 2 heterocycles. The van der Waals surface area contributed by atoms with E-state index >= 15 is 0 Å². The maximum absolute atomic E-state index is 12.3. The average Bonchev–Trinajstić information content (AvgIpc) is 3.33. The number of carbonyl (C=O) groups excluding carboxylic acids is 3. The van der Waals surface area contributed by atoms with Crippen molar-refractivity contribution in [2.45, 2.75) is 44.8 Å². The number of nitrogens with one attached hydrogen (secondary N) is 1. The first-order valence-corrected chi connectivity index (χ1v) is 9.95. The zero-order chi connectivity index (χ0) is 20.2. The van der Waals surface area contributed by atoms with E-state index in [2.05, 4.69) is 10.3 Å². The van der Waals surface area contributed by atoms with Crippen molar-refractivity contribution in [3.63, 3.8) is 0 Å². The average molecular weight is 393 g/mol. The Balaban J connectivity index is 1.27. The molecule has 0 saturated heterocycles. The van der Waals surface area contributed by atoms with Gasteiger partial charge >= 0.3 is 0 Å². The molecule has 1 fully saturated rings. The van der Waals surface area contributed by atoms with Gasteiger partial charge in [0.05, 0.1) is 11.1 Å². The summed E-state index contributed by atoms with van der Waals surface area (Å²) >= 11 is 0. The molecule has 4 rings (SSSR count). The largest absolute Gasteiger partial charge is 0.474 e. The summed E-state index contributed by atoms with van der Waals surface area (Å²) in [7, 11) is 0. The number of nitrogens with zero attached hydrogens (tertiary/aromatic N) is 2. The van der Waals surface area contributed by atoms with E-state index in [9.17, 15) is 14.4 Å². The van der Waals surface area contributed by atoms with E-state index in [4.69, 9.17) is 4.74 Å². The van der Waals surface area contributed by atoms with Crippen LogP contribution in [0.5, 0.6) is 5.88 Å². The van der Waals surface area contributed by atoms with Crippen molar-refractivity contribution >= 4 is 17.7 Å². The van der Waals surface area contributed by atoms with Gasteiger partial charge in [-0.2, -0.15) is 0 Å². The van der Waals surface area contributed by atoms with Crippen LogP contribution in [0.3, 0.4) is 0 Å². The molecule has 0 bridgehead atoms. The zero-order valence-corrected chi connectivity index (χ0v) is 16.1. The zero-order valence-electron chi connectivity index (χ0n) is 16.1. The van der Waals surface area contributed by atoms with Crippen LogP contribution >= 0.6 is 0 Å². The number of hydrogen-bond donors (Lipinski definition) is 1. The molecule has 29 heavy (non-hydrogen) atoms. The van der Waals surface area contributed by atoms with Crippen LogP contribution in [0.25, 0.3) is 0 Å². The van der Waals surface area contributed by atoms with E-state index in [-0.39, 0.29) is 36.8 Å². The molecule has 1 aromatic carbocycles. The number of aromatic nitrogens is 1. The molecule has 2 aromatic rings. The molecule has 0 atom stereocenters. The molecule has 1 aromatic heterocycles. The quantitative estimate of drug-likeness (QED) is 0.731. The van der Waals surface area contributed by atoms with E-state index in [0.29, 0.717) is 23.6 Å². The van der Waals surface area contributed by atoms with Gasteiger partial charge in [-0.3, -0.25) is 19.3 Å². The first kappa shape index (κ1) is 19.1. The lowest BCUT2D eigenvalue weighted by atomic mass is 10.1. The van der Waals surface area contributed by atoms with Gasteiger partial charge in [-0.1, -0.05) is 12.1 Å². The Labute approximate surface area is 169 Å². The highest BCUT2D eigenvalue weighted by molar-refractivity contribution is 6.21. The van der Waals surface area contributed by atoms with Crippen LogP contribution in [-0.4, -0.2) is 40.3 Å². The standard InChI is InChI=1S/C22H23N3O4/c26-19(10-12-25-21(27)17-7-3-4-8-18(17)22(25)28)24-14-15-9-11-23-20(13-15)29-16-5-1-2-6-16/h3-4,7-9,11,13,16H,1-2,5-6,10,12,14H2,(H,24,26). The van der Waals surface area contributed by atoms with Crippen LogP contribution in [0, 0.1) is 0 Å². The summed E-state index contributed by atoms with van der Waals surface area (Å²) < 4.78 is 5.89. The Bertz CT molecular complexity index is 902. The Morgan fingerprint density at radius 3 is 2.48 bits per heavy atom. The Morgan fingerprint density at radius 1 is 1.10 bits per heavy atom. The number of amides is 3. The molecular formula is C22H23N3O4. The van der Waals surface area contributed by atoms with Gasteiger partial charge in [0, 0.05) is 31.8 Å². The van der Waals surface area contributed by atoms with Crippen LogP contribution in [0.15, 0.2) is 42.6 Å². The molecule has 1 saturated carbocycles. The molecule has 150 valence electrons. The lowest BCUT2D eigenvalue weighted by Crippen LogP contribution is -2.34. The van der Waals surface area contributed by atoms with Crippen molar-refractivity contribution in [3.8, 4) is 5.88 Å². The van der Waals surface area contributed by atoms with Crippen molar-refractivity contribution in [2.75, 3.05) is 6.54 Å². The smallest absolute Gasteiger partial charge is 0.261 e. The fourth-order valence-electron chi connectivity index (χ4n) is 3.75. The highest BCUT2D eigenvalue weighted by Gasteiger charge is 2.34. The minimum Gasteiger partial charge on any atom is -0.474 e. The number of imide groups is 1. The van der Waals surface area contributed by atoms with Crippen molar-refractivity contribution in [3.05, 3.63) is 59.3 Å². The van der Waals surface area contributed by atoms with E-state index in [1.807, 2.05) is 12.1 Å². The Hall–Kier alpha value is -3.22. The number of pyridine rings is 1. The van der Waals surface area contributed by atoms with Crippen molar-refractivity contribution < 1.29 is 19.1 Å². The Kier molecular flexibility index (Phi) is 5.55. The number of carbonyl (C=O) groups is 3. The third kappa shape index (κ3) is 4.29. The summed E-state index contributed by atoms with van der Waals surface area (Å²) in [5, 5.41) is 2.82. The molecule has 3 amide bonds. The monoisotopic (exact) mass is 393 g/mol. The van der Waals surface area contributed by atoms with Gasteiger partial charge in [0.1, 0.15) is 6.10 Å². The minimum atomic E-state index is -0.346. The van der Waals surface area contributed by atoms with E-state index < -0.39 is 0 Å². The summed E-state index contributed by atoms with van der Waals surface area (Å²) in [5.74, 6) is -0.339. The predicted octanol–water partition coefficient (Wildman–Crippen LogP) is 2.71. The molecule has 0 unspecified atom stereocenters. The van der Waals surface area contributed by atoms with Gasteiger partial charge < -0.3 is 10.1 Å². The summed E-state index contributed by atoms with van der Waals surface area (Å²) in [6, 6.07) is 10.4. The van der Waals surface area contributed by atoms with E-state index in [1.165, 1.54) is 12.8 Å². The lowest BCUT2D eigenvalue weighted by molar-refractivity contribution is -0.121. The highest BCUT2D eigenvalue weighted by Crippen LogP contribution is 2.24. The fourth-order valence-corrected chi connectivity index (χ4v) is 3.75. The van der Waals surface area contributed by atoms with Gasteiger partial charge in [-0.25, -0.2) is 4.98 Å². The summed E-state index contributed by atoms with van der Waals surface area (Å²) in [6.07, 6.45) is 6.45. The first-order valence-electron chi connectivity index (χ1n) is 9.95. The molecule has 1 aliphatic heterocycles. The SMILES string of the molecule is O=C(CCN1C(=O)c2ccccc2C1=O)NCc1ccnc(OC2CCCC2)c1. The van der Waals surface area contributed by atoms with Crippen molar-refractivity contribution in [1.82, 2.24) is 15.2 Å². The normalized spacial score (nSPS) is 16.2. The van der Waals surface area contributed by atoms with Gasteiger partial charge in [0.2, 0.25) is 11.8 Å². The van der Waals surface area contributed by atoms with Crippen LogP contribution in [0.1, 0.15) is 58.4 Å². The van der Waals surface area contributed by atoms with Crippen molar-refractivity contribution in [2.24, 2.45) is 0 Å². The van der Waals surface area contributed by atoms with E-state index in [0.717, 1.165) is 23.3 Å². The number of benzene rings is 1. The van der Waals surface area contributed by atoms with Gasteiger partial charge in [-0.05, 0) is 49.4 Å². The molecule has 2 aliphatic rings. The van der Waals surface area contributed by atoms with Crippen LogP contribution in [0.4, 0.5) is 0 Å². The fraction of sp³-hybridized carbons (Fsp3) is 0.364. The third-order valence-corrected chi connectivity index (χ3v) is 5.32.